The van der Waals surface area contributed by atoms with Crippen molar-refractivity contribution in [3.8, 4) is 0 Å². The highest BCUT2D eigenvalue weighted by Crippen LogP contribution is 2.19. The molecular weight excluding hydrogens is 397 g/mol. The zero-order chi connectivity index (χ0) is 18.7. The largest absolute Gasteiger partial charge is 0.361 e. The van der Waals surface area contributed by atoms with E-state index in [9.17, 15) is 4.39 Å². The smallest absolute Gasteiger partial charge is 0.193 e. The van der Waals surface area contributed by atoms with Crippen LogP contribution >= 0.6 is 15.9 Å². The Morgan fingerprint density at radius 3 is 2.88 bits per heavy atom. The van der Waals surface area contributed by atoms with E-state index in [1.165, 1.54) is 11.8 Å². The summed E-state index contributed by atoms with van der Waals surface area (Å²) in [7, 11) is 5.82. The van der Waals surface area contributed by atoms with Gasteiger partial charge in [-0.2, -0.15) is 0 Å². The first kappa shape index (κ1) is 18.5. The monoisotopic (exact) mass is 419 g/mol. The minimum atomic E-state index is -0.212. The van der Waals surface area contributed by atoms with E-state index >= 15 is 0 Å². The van der Waals surface area contributed by atoms with Gasteiger partial charge in [-0.3, -0.25) is 4.99 Å². The topological polar surface area (TPSA) is 48.4 Å². The number of nitrogens with zero attached hydrogens (tertiary/aromatic N) is 3. The third-order valence-electron chi connectivity index (χ3n) is 4.45. The summed E-state index contributed by atoms with van der Waals surface area (Å²) in [5.74, 6) is 0.615. The number of hydrogen-bond acceptors (Lipinski definition) is 1. The fourth-order valence-corrected chi connectivity index (χ4v) is 3.66. The zero-order valence-electron chi connectivity index (χ0n) is 15.2. The molecule has 2 N–H and O–H groups in total. The lowest BCUT2D eigenvalue weighted by Gasteiger charge is -2.22. The molecule has 0 unspecified atom stereocenters. The van der Waals surface area contributed by atoms with Gasteiger partial charge in [-0.25, -0.2) is 4.39 Å². The maximum Gasteiger partial charge on any atom is 0.193 e. The highest BCUT2D eigenvalue weighted by Gasteiger charge is 2.10. The molecule has 3 rings (SSSR count). The number of nitrogens with one attached hydrogen (secondary N) is 2. The van der Waals surface area contributed by atoms with E-state index < -0.39 is 0 Å². The molecule has 7 heteroatoms. The first-order valence-electron chi connectivity index (χ1n) is 8.46. The molecule has 0 bridgehead atoms. The van der Waals surface area contributed by atoms with Crippen LogP contribution in [0.4, 0.5) is 4.39 Å². The molecule has 0 radical (unpaired) electrons. The minimum absolute atomic E-state index is 0.212. The minimum Gasteiger partial charge on any atom is -0.361 e. The summed E-state index contributed by atoms with van der Waals surface area (Å²) < 4.78 is 16.6. The number of guanidine groups is 1. The average Bonchev–Trinajstić information content (AvgIpc) is 3.14. The number of halogens is 2. The molecule has 0 aliphatic rings. The fourth-order valence-electron chi connectivity index (χ4n) is 3.09. The molecule has 2 aromatic heterocycles. The van der Waals surface area contributed by atoms with E-state index in [1.54, 1.807) is 19.2 Å². The Bertz CT molecular complexity index is 927. The van der Waals surface area contributed by atoms with Crippen molar-refractivity contribution in [2.24, 2.45) is 12.0 Å². The second kappa shape index (κ2) is 7.95. The van der Waals surface area contributed by atoms with E-state index in [0.717, 1.165) is 46.4 Å². The van der Waals surface area contributed by atoms with Gasteiger partial charge >= 0.3 is 0 Å². The van der Waals surface area contributed by atoms with Gasteiger partial charge in [0.1, 0.15) is 5.82 Å². The summed E-state index contributed by atoms with van der Waals surface area (Å²) in [6.45, 7) is 1.47. The summed E-state index contributed by atoms with van der Waals surface area (Å²) in [5.41, 5.74) is 3.24. The average molecular weight is 420 g/mol. The SMILES string of the molecule is CN=C(NCCc1c[nH]c2ccc(F)cc12)N(C)Cc1cc(Br)cn1C. The number of aromatic nitrogens is 2. The molecule has 1 aromatic carbocycles. The van der Waals surface area contributed by atoms with Crippen LogP contribution in [-0.2, 0) is 20.0 Å². The second-order valence-corrected chi connectivity index (χ2v) is 7.26. The van der Waals surface area contributed by atoms with Gasteiger partial charge < -0.3 is 19.8 Å². The van der Waals surface area contributed by atoms with Gasteiger partial charge in [0.05, 0.1) is 6.54 Å². The van der Waals surface area contributed by atoms with Crippen LogP contribution in [0.15, 0.2) is 46.1 Å². The van der Waals surface area contributed by atoms with Crippen molar-refractivity contribution in [1.82, 2.24) is 19.8 Å². The first-order valence-corrected chi connectivity index (χ1v) is 9.25. The van der Waals surface area contributed by atoms with Crippen molar-refractivity contribution in [3.63, 3.8) is 0 Å². The van der Waals surface area contributed by atoms with Gasteiger partial charge in [-0.15, -0.1) is 0 Å². The summed E-state index contributed by atoms with van der Waals surface area (Å²) in [6, 6.07) is 6.92. The molecule has 0 aliphatic heterocycles. The molecule has 3 aromatic rings. The van der Waals surface area contributed by atoms with Gasteiger partial charge in [0.25, 0.3) is 0 Å². The van der Waals surface area contributed by atoms with Gasteiger partial charge in [-0.05, 0) is 52.2 Å². The molecule has 0 atom stereocenters. The van der Waals surface area contributed by atoms with Crippen molar-refractivity contribution in [2.45, 2.75) is 13.0 Å². The van der Waals surface area contributed by atoms with Crippen LogP contribution < -0.4 is 5.32 Å². The first-order chi connectivity index (χ1) is 12.5. The number of benzene rings is 1. The Hall–Kier alpha value is -2.28. The number of aryl methyl sites for hydroxylation is 1. The number of rotatable bonds is 5. The van der Waals surface area contributed by atoms with Crippen molar-refractivity contribution < 1.29 is 4.39 Å². The lowest BCUT2D eigenvalue weighted by Crippen LogP contribution is -2.39. The van der Waals surface area contributed by atoms with Crippen LogP contribution in [0, 0.1) is 5.82 Å². The number of fused-ring (bicyclic) bond motifs is 1. The van der Waals surface area contributed by atoms with Crippen molar-refractivity contribution in [3.05, 3.63) is 58.2 Å². The summed E-state index contributed by atoms with van der Waals surface area (Å²) >= 11 is 3.50. The van der Waals surface area contributed by atoms with Gasteiger partial charge in [0.15, 0.2) is 5.96 Å². The number of hydrogen-bond donors (Lipinski definition) is 2. The van der Waals surface area contributed by atoms with E-state index in [2.05, 4.69) is 46.8 Å². The van der Waals surface area contributed by atoms with Crippen molar-refractivity contribution in [2.75, 3.05) is 20.6 Å². The highest BCUT2D eigenvalue weighted by molar-refractivity contribution is 9.10. The predicted molar refractivity (Wildman–Crippen MR) is 108 cm³/mol. The summed E-state index contributed by atoms with van der Waals surface area (Å²) in [5, 5.41) is 4.31. The van der Waals surface area contributed by atoms with Crippen LogP contribution in [0.5, 0.6) is 0 Å². The summed E-state index contributed by atoms with van der Waals surface area (Å²) in [4.78, 5) is 9.63. The van der Waals surface area contributed by atoms with Crippen molar-refractivity contribution >= 4 is 32.8 Å². The number of aliphatic imine (C=N–C) groups is 1. The third kappa shape index (κ3) is 4.09. The lowest BCUT2D eigenvalue weighted by molar-refractivity contribution is 0.462. The predicted octanol–water partition coefficient (Wildman–Crippen LogP) is 3.66. The normalized spacial score (nSPS) is 12.0. The standard InChI is InChI=1S/C19H23BrFN5/c1-22-19(26(3)12-16-8-14(20)11-25(16)2)23-7-6-13-10-24-18-5-4-15(21)9-17(13)18/h4-5,8-11,24H,6-7,12H2,1-3H3,(H,22,23). The lowest BCUT2D eigenvalue weighted by atomic mass is 10.1. The molecule has 0 fully saturated rings. The van der Waals surface area contributed by atoms with Crippen LogP contribution in [0.3, 0.4) is 0 Å². The van der Waals surface area contributed by atoms with Crippen LogP contribution in [0.1, 0.15) is 11.3 Å². The quantitative estimate of drug-likeness (QED) is 0.489. The molecular formula is C19H23BrFN5. The Balaban J connectivity index is 1.60. The van der Waals surface area contributed by atoms with Crippen LogP contribution in [0.25, 0.3) is 10.9 Å². The second-order valence-electron chi connectivity index (χ2n) is 6.34. The fraction of sp³-hybridized carbons (Fsp3) is 0.316. The van der Waals surface area contributed by atoms with Gasteiger partial charge in [0.2, 0.25) is 0 Å². The van der Waals surface area contributed by atoms with Crippen molar-refractivity contribution in [1.29, 1.82) is 0 Å². The highest BCUT2D eigenvalue weighted by atomic mass is 79.9. The molecule has 5 nitrogen and oxygen atoms in total. The summed E-state index contributed by atoms with van der Waals surface area (Å²) in [6.07, 6.45) is 4.77. The molecule has 0 saturated heterocycles. The van der Waals surface area contributed by atoms with E-state index in [4.69, 9.17) is 0 Å². The van der Waals surface area contributed by atoms with Crippen LogP contribution in [-0.4, -0.2) is 41.1 Å². The maximum atomic E-state index is 13.5. The maximum absolute atomic E-state index is 13.5. The Morgan fingerprint density at radius 2 is 2.19 bits per heavy atom. The van der Waals surface area contributed by atoms with E-state index in [-0.39, 0.29) is 5.82 Å². The Morgan fingerprint density at radius 1 is 1.38 bits per heavy atom. The molecule has 138 valence electrons. The Labute approximate surface area is 161 Å². The van der Waals surface area contributed by atoms with E-state index in [0.29, 0.717) is 0 Å². The molecule has 0 spiro atoms. The van der Waals surface area contributed by atoms with Gasteiger partial charge in [-0.1, -0.05) is 0 Å². The molecule has 26 heavy (non-hydrogen) atoms. The third-order valence-corrected chi connectivity index (χ3v) is 4.89. The number of aromatic amines is 1. The number of H-pyrrole nitrogens is 1. The molecule has 2 heterocycles. The van der Waals surface area contributed by atoms with E-state index in [1.807, 2.05) is 26.5 Å². The molecule has 0 saturated carbocycles. The van der Waals surface area contributed by atoms with Crippen LogP contribution in [0.2, 0.25) is 0 Å². The van der Waals surface area contributed by atoms with Gasteiger partial charge in [0, 0.05) is 61.2 Å². The molecule has 0 aliphatic carbocycles. The molecule has 0 amide bonds. The zero-order valence-corrected chi connectivity index (χ0v) is 16.8. The Kier molecular flexibility index (Phi) is 5.66.